The van der Waals surface area contributed by atoms with E-state index in [1.807, 2.05) is 0 Å². The van der Waals surface area contributed by atoms with Crippen molar-refractivity contribution in [3.05, 3.63) is 83.9 Å². The van der Waals surface area contributed by atoms with Crippen LogP contribution in [0.1, 0.15) is 24.0 Å². The number of carboxylic acid groups (broad SMARTS) is 2. The number of rotatable bonds is 24. The topological polar surface area (TPSA) is 430 Å². The average molecular weight is 1070 g/mol. The van der Waals surface area contributed by atoms with Gasteiger partial charge in [-0.25, -0.2) is 10.5 Å². The van der Waals surface area contributed by atoms with Gasteiger partial charge in [0, 0.05) is 23.4 Å². The first-order valence-corrected chi connectivity index (χ1v) is 24.2. The lowest BCUT2D eigenvalue weighted by Crippen LogP contribution is -2.15. The molecule has 6 aromatic rings. The Morgan fingerprint density at radius 2 is 1.18 bits per heavy atom. The molecule has 0 saturated carbocycles. The molecule has 0 atom stereocenters. The fourth-order valence-corrected chi connectivity index (χ4v) is 8.03. The SMILES string of the molecule is Cc1cc(N=Nc2c(SOOO)cc3cc(S(=O)(=O)O)cc(Nc4nc(NCCC(=O)O)nc(NCCC(=O)O)n4)c3c2O)c(C)cc1N=Nc1ccc(N=Nc2ccc(SOOO)cc2)cc1S(=O)(=O)O. The van der Waals surface area contributed by atoms with Crippen LogP contribution in [-0.4, -0.2) is 91.8 Å². The van der Waals surface area contributed by atoms with Crippen LogP contribution in [0.15, 0.2) is 123 Å². The minimum atomic E-state index is -4.95. The molecule has 33 heteroatoms. The van der Waals surface area contributed by atoms with Gasteiger partial charge >= 0.3 is 11.9 Å². The summed E-state index contributed by atoms with van der Waals surface area (Å²) >= 11 is 1.04. The number of nitrogens with one attached hydrogen (secondary N) is 3. The van der Waals surface area contributed by atoms with E-state index in [1.54, 1.807) is 38.1 Å². The second-order valence-electron chi connectivity index (χ2n) is 14.3. The number of aromatic nitrogens is 3. The number of aromatic hydroxyl groups is 1. The Balaban J connectivity index is 1.34. The van der Waals surface area contributed by atoms with Crippen molar-refractivity contribution in [2.75, 3.05) is 29.0 Å². The van der Waals surface area contributed by atoms with Gasteiger partial charge in [0.05, 0.1) is 75.2 Å². The van der Waals surface area contributed by atoms with Gasteiger partial charge in [0.2, 0.25) is 17.8 Å². The van der Waals surface area contributed by atoms with E-state index in [9.17, 15) is 40.6 Å². The summed E-state index contributed by atoms with van der Waals surface area (Å²) in [5.41, 5.74) is 0.855. The van der Waals surface area contributed by atoms with Gasteiger partial charge in [0.15, 0.2) is 5.75 Å². The maximum Gasteiger partial charge on any atom is 0.305 e. The van der Waals surface area contributed by atoms with Gasteiger partial charge in [-0.15, -0.1) is 18.9 Å². The summed E-state index contributed by atoms with van der Waals surface area (Å²) in [6.45, 7) is 2.92. The molecule has 0 bridgehead atoms. The van der Waals surface area contributed by atoms with E-state index < -0.39 is 47.7 Å². The average Bonchev–Trinajstić information content (AvgIpc) is 3.31. The highest BCUT2D eigenvalue weighted by atomic mass is 32.2. The van der Waals surface area contributed by atoms with Crippen molar-refractivity contribution in [2.45, 2.75) is 46.3 Å². The summed E-state index contributed by atoms with van der Waals surface area (Å²) in [7, 11) is -9.81. The lowest BCUT2D eigenvalue weighted by molar-refractivity contribution is -0.432. The molecule has 0 saturated heterocycles. The monoisotopic (exact) mass is 1070 g/mol. The Morgan fingerprint density at radius 3 is 1.75 bits per heavy atom. The number of nitrogens with zero attached hydrogens (tertiary/aromatic N) is 9. The van der Waals surface area contributed by atoms with Crippen LogP contribution in [0.4, 0.5) is 57.7 Å². The van der Waals surface area contributed by atoms with Crippen molar-refractivity contribution in [2.24, 2.45) is 30.7 Å². The number of fused-ring (bicyclic) bond motifs is 1. The van der Waals surface area contributed by atoms with E-state index >= 15 is 0 Å². The number of phenolic OH excluding ortho intramolecular Hbond substituents is 1. The summed E-state index contributed by atoms with van der Waals surface area (Å²) in [6, 6.07) is 16.2. The van der Waals surface area contributed by atoms with E-state index in [0.29, 0.717) is 33.8 Å². The zero-order valence-corrected chi connectivity index (χ0v) is 39.9. The largest absolute Gasteiger partial charge is 0.505 e. The Labute approximate surface area is 413 Å². The molecule has 0 aliphatic rings. The number of hydrogen-bond donors (Lipinski definition) is 10. The van der Waals surface area contributed by atoms with Crippen LogP contribution in [-0.2, 0) is 48.6 Å². The van der Waals surface area contributed by atoms with E-state index in [2.05, 4.69) is 80.3 Å². The third kappa shape index (κ3) is 14.8. The van der Waals surface area contributed by atoms with Crippen LogP contribution in [0.3, 0.4) is 0 Å². The molecule has 0 spiro atoms. The summed E-state index contributed by atoms with van der Waals surface area (Å²) < 4.78 is 78.9. The predicted octanol–water partition coefficient (Wildman–Crippen LogP) is 9.46. The van der Waals surface area contributed by atoms with E-state index in [0.717, 1.165) is 30.2 Å². The number of phenols is 1. The maximum atomic E-state index is 12.5. The number of aryl methyl sites for hydroxylation is 2. The molecule has 6 rings (SSSR count). The molecule has 0 radical (unpaired) electrons. The lowest BCUT2D eigenvalue weighted by Gasteiger charge is -2.16. The molecule has 378 valence electrons. The van der Waals surface area contributed by atoms with Crippen LogP contribution in [0, 0.1) is 13.8 Å². The van der Waals surface area contributed by atoms with Crippen molar-refractivity contribution < 1.29 is 80.1 Å². The number of azo groups is 3. The zero-order chi connectivity index (χ0) is 52.2. The number of hydrogen-bond acceptors (Lipinski definition) is 27. The highest BCUT2D eigenvalue weighted by Crippen LogP contribution is 2.48. The van der Waals surface area contributed by atoms with Crippen molar-refractivity contribution in [1.82, 2.24) is 15.0 Å². The molecule has 72 heavy (non-hydrogen) atoms. The van der Waals surface area contributed by atoms with E-state index in [-0.39, 0.29) is 93.6 Å². The van der Waals surface area contributed by atoms with Gasteiger partial charge in [-0.2, -0.15) is 52.2 Å². The highest BCUT2D eigenvalue weighted by Gasteiger charge is 2.23. The second kappa shape index (κ2) is 24.1. The van der Waals surface area contributed by atoms with Gasteiger partial charge in [-0.3, -0.25) is 18.7 Å². The Bertz CT molecular complexity index is 3300. The van der Waals surface area contributed by atoms with Crippen molar-refractivity contribution in [3.63, 3.8) is 0 Å². The minimum Gasteiger partial charge on any atom is -0.505 e. The first-order valence-electron chi connectivity index (χ1n) is 19.9. The molecule has 29 nitrogen and oxygen atoms in total. The third-order valence-electron chi connectivity index (χ3n) is 9.24. The summed E-state index contributed by atoms with van der Waals surface area (Å²) in [6.07, 6.45) is -0.705. The van der Waals surface area contributed by atoms with Crippen LogP contribution in [0.25, 0.3) is 10.8 Å². The third-order valence-corrected chi connectivity index (χ3v) is 12.2. The van der Waals surface area contributed by atoms with Gasteiger partial charge in [0.1, 0.15) is 16.3 Å². The maximum absolute atomic E-state index is 12.5. The molecular formula is C39H36N12O17S4. The normalized spacial score (nSPS) is 12.1. The van der Waals surface area contributed by atoms with Crippen LogP contribution >= 0.6 is 24.1 Å². The van der Waals surface area contributed by atoms with Crippen molar-refractivity contribution in [3.8, 4) is 5.75 Å². The summed E-state index contributed by atoms with van der Waals surface area (Å²) in [5.74, 6) is -3.71. The van der Waals surface area contributed by atoms with Gasteiger partial charge in [-0.1, -0.05) is 10.1 Å². The fraction of sp³-hybridized carbons (Fsp3) is 0.154. The van der Waals surface area contributed by atoms with Gasteiger partial charge < -0.3 is 31.3 Å². The highest BCUT2D eigenvalue weighted by molar-refractivity contribution is 7.95. The van der Waals surface area contributed by atoms with Crippen LogP contribution < -0.4 is 16.0 Å². The predicted molar refractivity (Wildman–Crippen MR) is 252 cm³/mol. The molecule has 0 aliphatic heterocycles. The molecule has 1 heterocycles. The Kier molecular flexibility index (Phi) is 18.1. The summed E-state index contributed by atoms with van der Waals surface area (Å²) in [5, 5.41) is 87.4. The molecule has 1 aromatic heterocycles. The molecule has 0 unspecified atom stereocenters. The molecule has 5 aromatic carbocycles. The van der Waals surface area contributed by atoms with Crippen LogP contribution in [0.5, 0.6) is 5.75 Å². The molecular weight excluding hydrogens is 1040 g/mol. The zero-order valence-electron chi connectivity index (χ0n) is 36.6. The van der Waals surface area contributed by atoms with Crippen molar-refractivity contribution >= 4 is 125 Å². The first kappa shape index (κ1) is 53.9. The molecule has 0 fully saturated rings. The fourth-order valence-electron chi connectivity index (χ4n) is 6.00. The smallest absolute Gasteiger partial charge is 0.305 e. The first-order chi connectivity index (χ1) is 34.2. The standard InChI is InChI=1S/C39H36N12O17S4/c1-19-14-28(20(2)13-27(19)49-48-26-8-5-23(17-31(26)72(62,63)64)47-46-22-3-6-24(7-4-22)69-67-65-57)50-51-35-30(70-68-66-58)16-21-15-25(71(59,60)61)18-29(34(21)36(35)56)42-39-44-37(40-11-9-32(52)53)43-38(45-39)41-12-10-33(54)55/h3-8,13-18,56-58H,9-12H2,1-2H3,(H,52,53)(H,54,55)(H,59,60,61)(H,62,63,64)(H3,40,41,42,43,44,45). The molecule has 10 N–H and O–H groups in total. The summed E-state index contributed by atoms with van der Waals surface area (Å²) in [4.78, 5) is 33.9. The second-order valence-corrected chi connectivity index (χ2v) is 18.6. The number of carboxylic acids is 2. The quantitative estimate of drug-likeness (QED) is 0.00886. The van der Waals surface area contributed by atoms with Crippen molar-refractivity contribution in [1.29, 1.82) is 0 Å². The van der Waals surface area contributed by atoms with E-state index in [4.69, 9.17) is 20.7 Å². The Morgan fingerprint density at radius 1 is 0.639 bits per heavy atom. The molecule has 0 amide bonds. The number of benzene rings is 5. The number of anilines is 4. The van der Waals surface area contributed by atoms with Gasteiger partial charge in [-0.05, 0) is 103 Å². The molecule has 0 aliphatic carbocycles. The number of carbonyl (C=O) groups is 2. The minimum absolute atomic E-state index is 0.0436. The lowest BCUT2D eigenvalue weighted by atomic mass is 10.1. The van der Waals surface area contributed by atoms with Gasteiger partial charge in [0.25, 0.3) is 20.2 Å². The number of aliphatic carboxylic acids is 2. The van der Waals surface area contributed by atoms with E-state index in [1.165, 1.54) is 30.3 Å². The van der Waals surface area contributed by atoms with Crippen LogP contribution in [0.2, 0.25) is 0 Å². The Hall–Kier alpha value is -7.41.